The van der Waals surface area contributed by atoms with Gasteiger partial charge in [-0.1, -0.05) is 23.9 Å². The minimum atomic E-state index is -0.561. The van der Waals surface area contributed by atoms with Crippen molar-refractivity contribution in [3.05, 3.63) is 64.0 Å². The highest BCUT2D eigenvalue weighted by Crippen LogP contribution is 2.35. The highest BCUT2D eigenvalue weighted by molar-refractivity contribution is 7.99. The number of carbonyl (C=O) groups is 1. The standard InChI is InChI=1S/C13H8FNO3S/c14-10-2-1-3-11(7-10)19-13-5-4-9(8-16)6-12(13)15(17)18/h1-8H. The van der Waals surface area contributed by atoms with Crippen molar-refractivity contribution in [3.8, 4) is 0 Å². The Kier molecular flexibility index (Phi) is 3.91. The minimum Gasteiger partial charge on any atom is -0.298 e. The summed E-state index contributed by atoms with van der Waals surface area (Å²) in [6.07, 6.45) is 0.545. The molecule has 2 aromatic rings. The van der Waals surface area contributed by atoms with E-state index in [4.69, 9.17) is 0 Å². The third-order valence-electron chi connectivity index (χ3n) is 2.34. The Morgan fingerprint density at radius 3 is 2.63 bits per heavy atom. The van der Waals surface area contributed by atoms with E-state index < -0.39 is 10.7 Å². The second-order valence-electron chi connectivity index (χ2n) is 3.66. The number of benzene rings is 2. The second-order valence-corrected chi connectivity index (χ2v) is 4.78. The molecule has 0 atom stereocenters. The largest absolute Gasteiger partial charge is 0.298 e. The van der Waals surface area contributed by atoms with Crippen LogP contribution in [0.25, 0.3) is 0 Å². The summed E-state index contributed by atoms with van der Waals surface area (Å²) in [6.45, 7) is 0. The van der Waals surface area contributed by atoms with Crippen LogP contribution in [-0.2, 0) is 0 Å². The number of aldehydes is 1. The maximum atomic E-state index is 13.1. The van der Waals surface area contributed by atoms with Crippen molar-refractivity contribution in [3.63, 3.8) is 0 Å². The van der Waals surface area contributed by atoms with Gasteiger partial charge in [0.15, 0.2) is 0 Å². The van der Waals surface area contributed by atoms with Crippen molar-refractivity contribution in [1.82, 2.24) is 0 Å². The fourth-order valence-electron chi connectivity index (χ4n) is 1.49. The zero-order valence-electron chi connectivity index (χ0n) is 9.58. The molecule has 0 amide bonds. The lowest BCUT2D eigenvalue weighted by atomic mass is 10.2. The molecule has 0 saturated carbocycles. The molecular weight excluding hydrogens is 269 g/mol. The monoisotopic (exact) mass is 277 g/mol. The van der Waals surface area contributed by atoms with Crippen molar-refractivity contribution in [2.75, 3.05) is 0 Å². The summed E-state index contributed by atoms with van der Waals surface area (Å²) in [6, 6.07) is 9.96. The SMILES string of the molecule is O=Cc1ccc(Sc2cccc(F)c2)c([N+](=O)[O-])c1. The molecule has 0 spiro atoms. The van der Waals surface area contributed by atoms with E-state index in [1.165, 1.54) is 36.4 Å². The highest BCUT2D eigenvalue weighted by atomic mass is 32.2. The number of hydrogen-bond acceptors (Lipinski definition) is 4. The van der Waals surface area contributed by atoms with Crippen LogP contribution < -0.4 is 0 Å². The molecule has 6 heteroatoms. The quantitative estimate of drug-likeness (QED) is 0.485. The number of halogens is 1. The van der Waals surface area contributed by atoms with Crippen molar-refractivity contribution in [1.29, 1.82) is 0 Å². The molecule has 0 unspecified atom stereocenters. The topological polar surface area (TPSA) is 60.2 Å². The van der Waals surface area contributed by atoms with Gasteiger partial charge < -0.3 is 0 Å². The molecule has 19 heavy (non-hydrogen) atoms. The van der Waals surface area contributed by atoms with Crippen LogP contribution in [0.15, 0.2) is 52.3 Å². The lowest BCUT2D eigenvalue weighted by Gasteiger charge is -2.03. The zero-order valence-corrected chi connectivity index (χ0v) is 10.4. The number of nitrogens with zero attached hydrogens (tertiary/aromatic N) is 1. The van der Waals surface area contributed by atoms with Crippen LogP contribution in [0.2, 0.25) is 0 Å². The molecule has 0 fully saturated rings. The first-order valence-corrected chi connectivity index (χ1v) is 6.09. The number of nitro groups is 1. The van der Waals surface area contributed by atoms with E-state index in [-0.39, 0.29) is 11.3 Å². The van der Waals surface area contributed by atoms with Gasteiger partial charge in [-0.15, -0.1) is 0 Å². The predicted molar refractivity (Wildman–Crippen MR) is 69.0 cm³/mol. The Hall–Kier alpha value is -2.21. The molecule has 0 bridgehead atoms. The van der Waals surface area contributed by atoms with E-state index in [0.29, 0.717) is 16.1 Å². The minimum absolute atomic E-state index is 0.168. The van der Waals surface area contributed by atoms with Crippen LogP contribution in [0.3, 0.4) is 0 Å². The van der Waals surface area contributed by atoms with Crippen LogP contribution in [0, 0.1) is 15.9 Å². The number of nitro benzene ring substituents is 1. The van der Waals surface area contributed by atoms with Gasteiger partial charge in [-0.2, -0.15) is 0 Å². The average Bonchev–Trinajstić information content (AvgIpc) is 2.39. The molecule has 0 N–H and O–H groups in total. The highest BCUT2D eigenvalue weighted by Gasteiger charge is 2.15. The van der Waals surface area contributed by atoms with Gasteiger partial charge in [0.2, 0.25) is 0 Å². The molecule has 0 radical (unpaired) electrons. The van der Waals surface area contributed by atoms with Gasteiger partial charge >= 0.3 is 0 Å². The Morgan fingerprint density at radius 2 is 2.00 bits per heavy atom. The van der Waals surface area contributed by atoms with Gasteiger partial charge in [-0.3, -0.25) is 14.9 Å². The van der Waals surface area contributed by atoms with Gasteiger partial charge in [0.25, 0.3) is 5.69 Å². The molecule has 0 aliphatic carbocycles. The van der Waals surface area contributed by atoms with E-state index in [0.717, 1.165) is 11.8 Å². The molecule has 2 rings (SSSR count). The van der Waals surface area contributed by atoms with Crippen LogP contribution in [0.1, 0.15) is 10.4 Å². The summed E-state index contributed by atoms with van der Waals surface area (Å²) >= 11 is 1.08. The smallest absolute Gasteiger partial charge is 0.283 e. The van der Waals surface area contributed by atoms with Crippen molar-refractivity contribution in [2.24, 2.45) is 0 Å². The van der Waals surface area contributed by atoms with Gasteiger partial charge in [0.05, 0.1) is 9.82 Å². The summed E-state index contributed by atoms with van der Waals surface area (Å²) < 4.78 is 13.1. The third kappa shape index (κ3) is 3.17. The Labute approximate surface area is 112 Å². The molecule has 96 valence electrons. The molecule has 4 nitrogen and oxygen atoms in total. The lowest BCUT2D eigenvalue weighted by molar-refractivity contribution is -0.387. The van der Waals surface area contributed by atoms with Gasteiger partial charge in [0, 0.05) is 16.5 Å². The van der Waals surface area contributed by atoms with E-state index >= 15 is 0 Å². The van der Waals surface area contributed by atoms with E-state index in [9.17, 15) is 19.3 Å². The average molecular weight is 277 g/mol. The molecular formula is C13H8FNO3S. The summed E-state index contributed by atoms with van der Waals surface area (Å²) in [7, 11) is 0. The molecule has 0 aromatic heterocycles. The molecule has 2 aromatic carbocycles. The fraction of sp³-hybridized carbons (Fsp3) is 0. The van der Waals surface area contributed by atoms with Crippen LogP contribution in [0.4, 0.5) is 10.1 Å². The molecule has 0 saturated heterocycles. The molecule has 0 aliphatic rings. The Bertz CT molecular complexity index is 646. The van der Waals surface area contributed by atoms with Crippen molar-refractivity contribution >= 4 is 23.7 Å². The fourth-order valence-corrected chi connectivity index (χ4v) is 2.44. The predicted octanol–water partition coefficient (Wildman–Crippen LogP) is 3.70. The summed E-state index contributed by atoms with van der Waals surface area (Å²) in [5.74, 6) is -0.405. The van der Waals surface area contributed by atoms with Crippen molar-refractivity contribution in [2.45, 2.75) is 9.79 Å². The number of carbonyl (C=O) groups excluding carboxylic acids is 1. The molecule has 0 aliphatic heterocycles. The first-order valence-electron chi connectivity index (χ1n) is 5.27. The van der Waals surface area contributed by atoms with Crippen molar-refractivity contribution < 1.29 is 14.1 Å². The number of rotatable bonds is 4. The second kappa shape index (κ2) is 5.62. The van der Waals surface area contributed by atoms with Crippen LogP contribution in [0.5, 0.6) is 0 Å². The zero-order chi connectivity index (χ0) is 13.8. The summed E-state index contributed by atoms with van der Waals surface area (Å²) in [5, 5.41) is 10.9. The Balaban J connectivity index is 2.39. The maximum absolute atomic E-state index is 13.1. The van der Waals surface area contributed by atoms with Gasteiger partial charge in [-0.25, -0.2) is 4.39 Å². The first kappa shape index (κ1) is 13.2. The van der Waals surface area contributed by atoms with Crippen LogP contribution in [-0.4, -0.2) is 11.2 Å². The third-order valence-corrected chi connectivity index (χ3v) is 3.39. The summed E-state index contributed by atoms with van der Waals surface area (Å²) in [5.41, 5.74) is 0.0640. The maximum Gasteiger partial charge on any atom is 0.283 e. The van der Waals surface area contributed by atoms with E-state index in [1.54, 1.807) is 6.07 Å². The first-order chi connectivity index (χ1) is 9.10. The Morgan fingerprint density at radius 1 is 1.21 bits per heavy atom. The normalized spacial score (nSPS) is 10.2. The van der Waals surface area contributed by atoms with E-state index in [1.807, 2.05) is 0 Å². The number of hydrogen-bond donors (Lipinski definition) is 0. The van der Waals surface area contributed by atoms with Gasteiger partial charge in [-0.05, 0) is 24.3 Å². The lowest BCUT2D eigenvalue weighted by Crippen LogP contribution is -1.93. The van der Waals surface area contributed by atoms with Gasteiger partial charge in [0.1, 0.15) is 12.1 Å². The molecule has 0 heterocycles. The van der Waals surface area contributed by atoms with E-state index in [2.05, 4.69) is 0 Å². The summed E-state index contributed by atoms with van der Waals surface area (Å²) in [4.78, 5) is 21.9. The van der Waals surface area contributed by atoms with Crippen LogP contribution >= 0.6 is 11.8 Å².